The Morgan fingerprint density at radius 3 is 2.60 bits per heavy atom. The third-order valence-electron chi connectivity index (χ3n) is 2.70. The molecule has 0 saturated carbocycles. The number of nitrogens with one attached hydrogen (secondary N) is 1. The summed E-state index contributed by atoms with van der Waals surface area (Å²) < 4.78 is 27.8. The average molecular weight is 361 g/mol. The summed E-state index contributed by atoms with van der Waals surface area (Å²) in [5.41, 5.74) is 0.0171. The fraction of sp³-hybridized carbons (Fsp3) is 0.0714. The Hall–Kier alpha value is -1.46. The Kier molecular flexibility index (Phi) is 4.40. The van der Waals surface area contributed by atoms with Gasteiger partial charge < -0.3 is 5.32 Å². The lowest BCUT2D eigenvalue weighted by Gasteiger charge is -2.10. The van der Waals surface area contributed by atoms with Crippen molar-refractivity contribution in [3.8, 4) is 0 Å². The van der Waals surface area contributed by atoms with Crippen molar-refractivity contribution < 1.29 is 13.6 Å². The van der Waals surface area contributed by atoms with E-state index in [1.165, 1.54) is 31.2 Å². The third-order valence-corrected chi connectivity index (χ3v) is 3.59. The molecule has 0 unspecified atom stereocenters. The first-order valence-electron chi connectivity index (χ1n) is 5.61. The topological polar surface area (TPSA) is 29.1 Å². The van der Waals surface area contributed by atoms with Crippen LogP contribution in [0.5, 0.6) is 0 Å². The highest BCUT2D eigenvalue weighted by atomic mass is 79.9. The van der Waals surface area contributed by atoms with E-state index in [0.717, 1.165) is 6.07 Å². The molecule has 2 aromatic carbocycles. The summed E-state index contributed by atoms with van der Waals surface area (Å²) in [6.07, 6.45) is 0. The van der Waals surface area contributed by atoms with Crippen LogP contribution in [0.3, 0.4) is 0 Å². The van der Waals surface area contributed by atoms with E-state index in [1.54, 1.807) is 0 Å². The summed E-state index contributed by atoms with van der Waals surface area (Å²) >= 11 is 8.95. The molecule has 0 bridgehead atoms. The van der Waals surface area contributed by atoms with Crippen molar-refractivity contribution in [3.05, 3.63) is 62.6 Å². The van der Waals surface area contributed by atoms with Crippen LogP contribution >= 0.6 is 27.5 Å². The van der Waals surface area contributed by atoms with Crippen molar-refractivity contribution >= 4 is 39.1 Å². The smallest absolute Gasteiger partial charge is 0.256 e. The Morgan fingerprint density at radius 1 is 1.25 bits per heavy atom. The minimum atomic E-state index is -0.827. The van der Waals surface area contributed by atoms with E-state index < -0.39 is 23.2 Å². The van der Waals surface area contributed by atoms with Gasteiger partial charge in [0.1, 0.15) is 11.5 Å². The SMILES string of the molecule is Cc1ccc(F)c(NC(=O)c2ccc(Cl)cc2Br)c1F. The summed E-state index contributed by atoms with van der Waals surface area (Å²) in [4.78, 5) is 12.0. The highest BCUT2D eigenvalue weighted by Gasteiger charge is 2.17. The lowest BCUT2D eigenvalue weighted by Crippen LogP contribution is -2.15. The summed E-state index contributed by atoms with van der Waals surface area (Å²) in [5, 5.41) is 2.68. The molecule has 0 aliphatic rings. The molecule has 2 aromatic rings. The first-order chi connectivity index (χ1) is 9.40. The molecule has 1 N–H and O–H groups in total. The van der Waals surface area contributed by atoms with Crippen molar-refractivity contribution in [3.63, 3.8) is 0 Å². The largest absolute Gasteiger partial charge is 0.317 e. The molecule has 0 aliphatic heterocycles. The molecule has 6 heteroatoms. The molecule has 104 valence electrons. The van der Waals surface area contributed by atoms with E-state index in [1.807, 2.05) is 0 Å². The zero-order valence-electron chi connectivity index (χ0n) is 10.3. The number of carbonyl (C=O) groups is 1. The van der Waals surface area contributed by atoms with Crippen LogP contribution in [0.2, 0.25) is 5.02 Å². The lowest BCUT2D eigenvalue weighted by molar-refractivity contribution is 0.102. The highest BCUT2D eigenvalue weighted by molar-refractivity contribution is 9.10. The van der Waals surface area contributed by atoms with Crippen LogP contribution in [0.4, 0.5) is 14.5 Å². The summed E-state index contributed by atoms with van der Waals surface area (Å²) in [6, 6.07) is 6.92. The number of halogens is 4. The minimum Gasteiger partial charge on any atom is -0.317 e. The molecule has 0 saturated heterocycles. The predicted molar refractivity (Wildman–Crippen MR) is 78.2 cm³/mol. The quantitative estimate of drug-likeness (QED) is 0.807. The van der Waals surface area contributed by atoms with Crippen LogP contribution < -0.4 is 5.32 Å². The van der Waals surface area contributed by atoms with Gasteiger partial charge in [-0.3, -0.25) is 4.79 Å². The zero-order chi connectivity index (χ0) is 14.9. The normalized spacial score (nSPS) is 10.4. The molecule has 20 heavy (non-hydrogen) atoms. The maximum atomic E-state index is 13.8. The molecule has 2 nitrogen and oxygen atoms in total. The Balaban J connectivity index is 2.35. The van der Waals surface area contributed by atoms with Crippen LogP contribution in [0.25, 0.3) is 0 Å². The van der Waals surface area contributed by atoms with E-state index in [-0.39, 0.29) is 11.1 Å². The molecule has 0 aromatic heterocycles. The first-order valence-corrected chi connectivity index (χ1v) is 6.78. The van der Waals surface area contributed by atoms with Crippen molar-refractivity contribution in [2.75, 3.05) is 5.32 Å². The molecule has 2 rings (SSSR count). The molecular weight excluding hydrogens is 352 g/mol. The number of rotatable bonds is 2. The maximum absolute atomic E-state index is 13.8. The van der Waals surface area contributed by atoms with Crippen LogP contribution in [-0.4, -0.2) is 5.91 Å². The standard InChI is InChI=1S/C14H9BrClF2NO/c1-7-2-5-11(17)13(12(7)18)19-14(20)9-4-3-8(16)6-10(9)15/h2-6H,1H3,(H,19,20). The van der Waals surface area contributed by atoms with E-state index >= 15 is 0 Å². The summed E-state index contributed by atoms with van der Waals surface area (Å²) in [6.45, 7) is 1.49. The predicted octanol–water partition coefficient (Wildman–Crippen LogP) is 4.94. The van der Waals surface area contributed by atoms with Gasteiger partial charge in [0.2, 0.25) is 0 Å². The van der Waals surface area contributed by atoms with Gasteiger partial charge in [0, 0.05) is 9.50 Å². The lowest BCUT2D eigenvalue weighted by atomic mass is 10.1. The first kappa shape index (κ1) is 14.9. The number of aryl methyl sites for hydroxylation is 1. The van der Waals surface area contributed by atoms with Gasteiger partial charge in [-0.25, -0.2) is 8.78 Å². The Morgan fingerprint density at radius 2 is 1.95 bits per heavy atom. The van der Waals surface area contributed by atoms with Crippen molar-refractivity contribution in [1.29, 1.82) is 0 Å². The van der Waals surface area contributed by atoms with E-state index in [2.05, 4.69) is 21.2 Å². The number of hydrogen-bond donors (Lipinski definition) is 1. The Labute approximate surface area is 127 Å². The monoisotopic (exact) mass is 359 g/mol. The molecule has 0 aliphatic carbocycles. The molecule has 0 heterocycles. The molecular formula is C14H9BrClF2NO. The van der Waals surface area contributed by atoms with Gasteiger partial charge in [-0.05, 0) is 52.7 Å². The number of anilines is 1. The number of carbonyl (C=O) groups excluding carboxylic acids is 1. The van der Waals surface area contributed by atoms with Gasteiger partial charge in [-0.2, -0.15) is 0 Å². The maximum Gasteiger partial charge on any atom is 0.256 e. The molecule has 0 spiro atoms. The van der Waals surface area contributed by atoms with Gasteiger partial charge in [-0.15, -0.1) is 0 Å². The van der Waals surface area contributed by atoms with Gasteiger partial charge in [-0.1, -0.05) is 17.7 Å². The second-order valence-electron chi connectivity index (χ2n) is 4.13. The van der Waals surface area contributed by atoms with Gasteiger partial charge in [0.15, 0.2) is 5.82 Å². The fourth-order valence-corrected chi connectivity index (χ4v) is 2.49. The number of benzene rings is 2. The highest BCUT2D eigenvalue weighted by Crippen LogP contribution is 2.25. The van der Waals surface area contributed by atoms with Crippen LogP contribution in [0.15, 0.2) is 34.8 Å². The summed E-state index contributed by atoms with van der Waals surface area (Å²) in [7, 11) is 0. The average Bonchev–Trinajstić information content (AvgIpc) is 2.39. The van der Waals surface area contributed by atoms with Crippen molar-refractivity contribution in [2.45, 2.75) is 6.92 Å². The Bertz CT molecular complexity index is 691. The molecule has 0 fully saturated rings. The second-order valence-corrected chi connectivity index (χ2v) is 5.42. The third kappa shape index (κ3) is 2.99. The minimum absolute atomic E-state index is 0.231. The van der Waals surface area contributed by atoms with E-state index in [0.29, 0.717) is 9.50 Å². The van der Waals surface area contributed by atoms with Crippen LogP contribution in [0.1, 0.15) is 15.9 Å². The van der Waals surface area contributed by atoms with E-state index in [4.69, 9.17) is 11.6 Å². The van der Waals surface area contributed by atoms with E-state index in [9.17, 15) is 13.6 Å². The second kappa shape index (κ2) is 5.89. The molecule has 1 amide bonds. The fourth-order valence-electron chi connectivity index (χ4n) is 1.63. The van der Waals surface area contributed by atoms with Gasteiger partial charge >= 0.3 is 0 Å². The van der Waals surface area contributed by atoms with Crippen molar-refractivity contribution in [1.82, 2.24) is 0 Å². The van der Waals surface area contributed by atoms with Crippen LogP contribution in [0, 0.1) is 18.6 Å². The number of amides is 1. The summed E-state index contributed by atoms with van der Waals surface area (Å²) in [5.74, 6) is -2.24. The molecule has 0 radical (unpaired) electrons. The molecule has 0 atom stereocenters. The zero-order valence-corrected chi connectivity index (χ0v) is 12.6. The number of hydrogen-bond acceptors (Lipinski definition) is 1. The van der Waals surface area contributed by atoms with Gasteiger partial charge in [0.25, 0.3) is 5.91 Å². The van der Waals surface area contributed by atoms with Crippen molar-refractivity contribution in [2.24, 2.45) is 0 Å². The van der Waals surface area contributed by atoms with Crippen LogP contribution in [-0.2, 0) is 0 Å². The van der Waals surface area contributed by atoms with Gasteiger partial charge in [0.05, 0.1) is 5.56 Å².